The first kappa shape index (κ1) is 22.4. The second-order valence-electron chi connectivity index (χ2n) is 12.5. The van der Waals surface area contributed by atoms with Crippen molar-refractivity contribution < 1.29 is 18.8 Å². The van der Waals surface area contributed by atoms with E-state index in [2.05, 4.69) is 40.8 Å². The molecule has 0 aromatic carbocycles. The number of rotatable bonds is 3. The fourth-order valence-corrected chi connectivity index (χ4v) is 8.26. The Morgan fingerprint density at radius 2 is 1.70 bits per heavy atom. The number of carbonyl (C=O) groups excluding carboxylic acids is 3. The molecule has 6 atom stereocenters. The van der Waals surface area contributed by atoms with Crippen molar-refractivity contribution >= 4 is 25.7 Å². The van der Waals surface area contributed by atoms with Gasteiger partial charge in [-0.15, -0.1) is 0 Å². The molecule has 3 unspecified atom stereocenters. The van der Waals surface area contributed by atoms with Crippen LogP contribution >= 0.6 is 0 Å². The normalized spacial score (nSPS) is 42.0. The van der Waals surface area contributed by atoms with Crippen LogP contribution < -0.4 is 0 Å². The predicted octanol–water partition coefficient (Wildman–Crippen LogP) is 5.35. The van der Waals surface area contributed by atoms with Crippen LogP contribution in [0.15, 0.2) is 0 Å². The quantitative estimate of drug-likeness (QED) is 0.564. The molecule has 0 aromatic rings. The third-order valence-electron chi connectivity index (χ3n) is 10.2. The number of Topliss-reactive ketones (excluding diaryl/α,β-unsaturated/α-hetero) is 3. The Bertz CT molecular complexity index is 766. The molecule has 0 aromatic heterocycles. The molecule has 4 aliphatic rings. The van der Waals surface area contributed by atoms with Gasteiger partial charge in [0.05, 0.1) is 0 Å². The highest BCUT2D eigenvalue weighted by atomic mass is 28.4. The van der Waals surface area contributed by atoms with Gasteiger partial charge in [-0.3, -0.25) is 14.4 Å². The summed E-state index contributed by atoms with van der Waals surface area (Å²) < 4.78 is 6.79. The molecule has 0 heterocycles. The average Bonchev–Trinajstić information content (AvgIpc) is 2.95. The molecule has 168 valence electrons. The Labute approximate surface area is 183 Å². The molecule has 0 radical (unpaired) electrons. The SMILES string of the molecule is CC(C)(C)[Si](C)(C)OC[C@]12CCC(=O)C[C@@H]1C(=O)CC1C2CC[C@]2(C)C(=O)CCC12. The van der Waals surface area contributed by atoms with Gasteiger partial charge in [0, 0.05) is 49.0 Å². The second-order valence-corrected chi connectivity index (χ2v) is 17.4. The first-order valence-electron chi connectivity index (χ1n) is 12.0. The van der Waals surface area contributed by atoms with Gasteiger partial charge in [-0.05, 0) is 61.6 Å². The van der Waals surface area contributed by atoms with Gasteiger partial charge >= 0.3 is 0 Å². The van der Waals surface area contributed by atoms with E-state index in [1.165, 1.54) is 0 Å². The van der Waals surface area contributed by atoms with E-state index in [-0.39, 0.29) is 39.3 Å². The molecule has 0 amide bonds. The van der Waals surface area contributed by atoms with Gasteiger partial charge < -0.3 is 4.43 Å². The van der Waals surface area contributed by atoms with Crippen LogP contribution in [-0.2, 0) is 18.8 Å². The van der Waals surface area contributed by atoms with Crippen LogP contribution in [0.2, 0.25) is 18.1 Å². The van der Waals surface area contributed by atoms with E-state index in [1.54, 1.807) is 0 Å². The first-order chi connectivity index (χ1) is 13.8. The summed E-state index contributed by atoms with van der Waals surface area (Å²) in [5, 5.41) is 0.116. The Morgan fingerprint density at radius 3 is 2.37 bits per heavy atom. The number of fused-ring (bicyclic) bond motifs is 5. The average molecular weight is 433 g/mol. The monoisotopic (exact) mass is 432 g/mol. The highest BCUT2D eigenvalue weighted by Gasteiger charge is 2.64. The van der Waals surface area contributed by atoms with Gasteiger partial charge in [0.25, 0.3) is 0 Å². The first-order valence-corrected chi connectivity index (χ1v) is 14.9. The van der Waals surface area contributed by atoms with Gasteiger partial charge in [0.1, 0.15) is 17.3 Å². The maximum Gasteiger partial charge on any atom is 0.192 e. The summed E-state index contributed by atoms with van der Waals surface area (Å²) in [4.78, 5) is 38.5. The zero-order valence-electron chi connectivity index (χ0n) is 19.8. The molecular weight excluding hydrogens is 392 g/mol. The number of carbonyl (C=O) groups is 3. The zero-order valence-corrected chi connectivity index (χ0v) is 20.8. The zero-order chi connectivity index (χ0) is 22.1. The summed E-state index contributed by atoms with van der Waals surface area (Å²) in [6.45, 7) is 14.1. The lowest BCUT2D eigenvalue weighted by Crippen LogP contribution is -2.60. The summed E-state index contributed by atoms with van der Waals surface area (Å²) >= 11 is 0. The summed E-state index contributed by atoms with van der Waals surface area (Å²) in [5.74, 6) is 1.77. The molecule has 4 saturated carbocycles. The van der Waals surface area contributed by atoms with Gasteiger partial charge in [-0.2, -0.15) is 0 Å². The molecular formula is C25H40O4Si. The lowest BCUT2D eigenvalue weighted by Gasteiger charge is -2.60. The van der Waals surface area contributed by atoms with E-state index >= 15 is 0 Å². The number of hydrogen-bond donors (Lipinski definition) is 0. The topological polar surface area (TPSA) is 60.4 Å². The van der Waals surface area contributed by atoms with Crippen molar-refractivity contribution in [1.29, 1.82) is 0 Å². The molecule has 4 rings (SSSR count). The summed E-state index contributed by atoms with van der Waals surface area (Å²) in [5.41, 5.74) is -0.448. The molecule has 0 N–H and O–H groups in total. The van der Waals surface area contributed by atoms with Crippen molar-refractivity contribution in [3.05, 3.63) is 0 Å². The maximum atomic E-state index is 13.4. The van der Waals surface area contributed by atoms with Crippen LogP contribution in [-0.4, -0.2) is 32.3 Å². The van der Waals surface area contributed by atoms with E-state index in [4.69, 9.17) is 4.43 Å². The van der Waals surface area contributed by atoms with Gasteiger partial charge in [-0.1, -0.05) is 27.7 Å². The van der Waals surface area contributed by atoms with Gasteiger partial charge in [-0.25, -0.2) is 0 Å². The maximum absolute atomic E-state index is 13.4. The van der Waals surface area contributed by atoms with E-state index < -0.39 is 8.32 Å². The number of hydrogen-bond acceptors (Lipinski definition) is 4. The molecule has 0 spiro atoms. The lowest BCUT2D eigenvalue weighted by atomic mass is 9.44. The van der Waals surface area contributed by atoms with Crippen LogP contribution in [0.3, 0.4) is 0 Å². The van der Waals surface area contributed by atoms with Gasteiger partial charge in [0.15, 0.2) is 8.32 Å². The highest BCUT2D eigenvalue weighted by molar-refractivity contribution is 6.74. The fraction of sp³-hybridized carbons (Fsp3) is 0.880. The van der Waals surface area contributed by atoms with Crippen molar-refractivity contribution in [2.75, 3.05) is 6.61 Å². The van der Waals surface area contributed by atoms with Crippen molar-refractivity contribution in [2.24, 2.45) is 34.5 Å². The van der Waals surface area contributed by atoms with E-state index in [0.29, 0.717) is 49.9 Å². The molecule has 0 saturated heterocycles. The highest BCUT2D eigenvalue weighted by Crippen LogP contribution is 2.64. The van der Waals surface area contributed by atoms with E-state index in [1.807, 2.05) is 0 Å². The lowest BCUT2D eigenvalue weighted by molar-refractivity contribution is -0.167. The molecule has 0 aliphatic heterocycles. The van der Waals surface area contributed by atoms with Crippen LogP contribution in [0.4, 0.5) is 0 Å². The molecule has 4 nitrogen and oxygen atoms in total. The van der Waals surface area contributed by atoms with E-state index in [9.17, 15) is 14.4 Å². The van der Waals surface area contributed by atoms with Crippen molar-refractivity contribution in [3.63, 3.8) is 0 Å². The van der Waals surface area contributed by atoms with E-state index in [0.717, 1.165) is 25.7 Å². The molecule has 30 heavy (non-hydrogen) atoms. The fourth-order valence-electron chi connectivity index (χ4n) is 7.20. The van der Waals surface area contributed by atoms with Crippen LogP contribution in [0.1, 0.15) is 79.1 Å². The van der Waals surface area contributed by atoms with Crippen LogP contribution in [0, 0.1) is 34.5 Å². The third-order valence-corrected chi connectivity index (χ3v) is 14.7. The minimum atomic E-state index is -1.97. The minimum absolute atomic E-state index is 0.116. The van der Waals surface area contributed by atoms with Crippen molar-refractivity contribution in [3.8, 4) is 0 Å². The third kappa shape index (κ3) is 3.21. The van der Waals surface area contributed by atoms with Crippen molar-refractivity contribution in [2.45, 2.75) is 97.2 Å². The molecule has 0 bridgehead atoms. The number of ketones is 3. The Hall–Kier alpha value is -0.813. The summed E-state index contributed by atoms with van der Waals surface area (Å²) in [7, 11) is -1.97. The Kier molecular flexibility index (Phi) is 5.29. The molecule has 4 fully saturated rings. The second kappa shape index (κ2) is 7.10. The summed E-state index contributed by atoms with van der Waals surface area (Å²) in [6.07, 6.45) is 5.89. The van der Waals surface area contributed by atoms with Crippen LogP contribution in [0.5, 0.6) is 0 Å². The van der Waals surface area contributed by atoms with Gasteiger partial charge in [0.2, 0.25) is 0 Å². The van der Waals surface area contributed by atoms with Crippen LogP contribution in [0.25, 0.3) is 0 Å². The predicted molar refractivity (Wildman–Crippen MR) is 120 cm³/mol. The van der Waals surface area contributed by atoms with Crippen molar-refractivity contribution in [1.82, 2.24) is 0 Å². The Balaban J connectivity index is 1.70. The minimum Gasteiger partial charge on any atom is -0.416 e. The Morgan fingerprint density at radius 1 is 1.00 bits per heavy atom. The smallest absolute Gasteiger partial charge is 0.192 e. The molecule has 4 aliphatic carbocycles. The molecule has 5 heteroatoms. The summed E-state index contributed by atoms with van der Waals surface area (Å²) in [6, 6.07) is 0. The largest absolute Gasteiger partial charge is 0.416 e. The standard InChI is InChI=1S/C25H40O4Si/c1-23(2,3)30(5,6)29-15-25-12-9-16(26)13-20(25)21(27)14-17-18-7-8-22(28)24(18,4)11-10-19(17)25/h17-20H,7-15H2,1-6H3/t17?,18?,19?,20-,24+,25+/m1/s1.